The van der Waals surface area contributed by atoms with Crippen molar-refractivity contribution in [2.45, 2.75) is 77.7 Å². The van der Waals surface area contributed by atoms with E-state index in [2.05, 4.69) is 15.6 Å². The van der Waals surface area contributed by atoms with Crippen LogP contribution in [0.25, 0.3) is 0 Å². The average molecular weight is 602 g/mol. The minimum Gasteiger partial charge on any atom is -0.508 e. The zero-order valence-electron chi connectivity index (χ0n) is 24.3. The van der Waals surface area contributed by atoms with Crippen LogP contribution in [0.5, 0.6) is 5.75 Å². The number of hydrogen-bond acceptors (Lipinski definition) is 6. The molecule has 0 saturated heterocycles. The Hall–Kier alpha value is -4.04. The van der Waals surface area contributed by atoms with Crippen LogP contribution >= 0.6 is 0 Å². The van der Waals surface area contributed by atoms with Gasteiger partial charge in [0.05, 0.1) is 0 Å². The third kappa shape index (κ3) is 11.8. The molecule has 1 aromatic rings. The quantitative estimate of drug-likeness (QED) is 0.0916. The first-order valence-electron chi connectivity index (χ1n) is 13.6. The number of hydrogen-bond donors (Lipinski definition) is 6. The summed E-state index contributed by atoms with van der Waals surface area (Å²) >= 11 is 0. The van der Waals surface area contributed by atoms with Gasteiger partial charge in [0, 0.05) is 19.5 Å². The van der Waals surface area contributed by atoms with Gasteiger partial charge in [0.25, 0.3) is 0 Å². The van der Waals surface area contributed by atoms with Crippen LogP contribution in [0.1, 0.15) is 52.5 Å². The molecule has 0 aliphatic carbocycles. The Bertz CT molecular complexity index is 1090. The number of rotatable bonds is 16. The minimum atomic E-state index is -5.26. The summed E-state index contributed by atoms with van der Waals surface area (Å²) in [5.74, 6) is -6.01. The van der Waals surface area contributed by atoms with E-state index in [1.165, 1.54) is 24.3 Å². The van der Waals surface area contributed by atoms with Gasteiger partial charge in [0.2, 0.25) is 17.7 Å². The lowest BCUT2D eigenvalue weighted by atomic mass is 9.96. The number of halogens is 3. The Labute approximate surface area is 243 Å². The number of nitrogens with one attached hydrogen (secondary N) is 2. The Morgan fingerprint density at radius 1 is 1.00 bits per heavy atom. The predicted octanol–water partition coefficient (Wildman–Crippen LogP) is 0.905. The lowest BCUT2D eigenvalue weighted by Crippen LogP contribution is -2.60. The first-order valence-corrected chi connectivity index (χ1v) is 13.6. The summed E-state index contributed by atoms with van der Waals surface area (Å²) in [6.45, 7) is 6.35. The van der Waals surface area contributed by atoms with Crippen molar-refractivity contribution < 1.29 is 37.5 Å². The molecule has 0 aromatic heterocycles. The number of amides is 4. The number of carbonyl (C=O) groups excluding carboxylic acids is 4. The topological polar surface area (TPSA) is 206 Å². The standard InChI is InChI=1S/C27H42F3N7O5/c1-5-16(4)21(24(41)35-19(22(31)39)7-6-12-34-26(32)33)36-23(40)20(13-17-8-10-18(38)11-9-17)37(14-15(2)3)25(42)27(28,29)30/h8-11,15-16,19-21,38H,5-7,12-14H2,1-4H3,(H2,31,39)(H,35,41)(H,36,40)(H4,32,33,34)/t16-,19-,20-,21-/m0/s1. The van der Waals surface area contributed by atoms with E-state index in [-0.39, 0.29) is 31.1 Å². The molecule has 15 heteroatoms. The van der Waals surface area contributed by atoms with Crippen molar-refractivity contribution >= 4 is 29.6 Å². The molecule has 0 spiro atoms. The van der Waals surface area contributed by atoms with Gasteiger partial charge < -0.3 is 37.8 Å². The predicted molar refractivity (Wildman–Crippen MR) is 151 cm³/mol. The second kappa shape index (κ2) is 16.4. The zero-order valence-corrected chi connectivity index (χ0v) is 24.3. The normalized spacial score (nSPS) is 14.3. The molecule has 1 aromatic carbocycles. The number of nitrogens with zero attached hydrogens (tertiary/aromatic N) is 2. The fourth-order valence-corrected chi connectivity index (χ4v) is 4.11. The lowest BCUT2D eigenvalue weighted by molar-refractivity contribution is -0.189. The summed E-state index contributed by atoms with van der Waals surface area (Å²) in [5, 5.41) is 14.6. The van der Waals surface area contributed by atoms with Crippen LogP contribution in [0.2, 0.25) is 0 Å². The van der Waals surface area contributed by atoms with E-state index in [4.69, 9.17) is 17.2 Å². The maximum Gasteiger partial charge on any atom is 0.471 e. The molecule has 4 amide bonds. The van der Waals surface area contributed by atoms with Gasteiger partial charge in [-0.1, -0.05) is 46.2 Å². The minimum absolute atomic E-state index is 0.0880. The second-order valence-corrected chi connectivity index (χ2v) is 10.5. The molecule has 9 N–H and O–H groups in total. The Balaban J connectivity index is 3.37. The molecule has 0 unspecified atom stereocenters. The molecule has 1 rings (SSSR count). The lowest BCUT2D eigenvalue weighted by Gasteiger charge is -2.34. The highest BCUT2D eigenvalue weighted by Crippen LogP contribution is 2.24. The van der Waals surface area contributed by atoms with Gasteiger partial charge in [-0.15, -0.1) is 0 Å². The van der Waals surface area contributed by atoms with Gasteiger partial charge in [0.1, 0.15) is 23.9 Å². The van der Waals surface area contributed by atoms with Crippen molar-refractivity contribution in [2.75, 3.05) is 13.1 Å². The van der Waals surface area contributed by atoms with Crippen LogP contribution in [-0.4, -0.2) is 77.0 Å². The van der Waals surface area contributed by atoms with Gasteiger partial charge >= 0.3 is 12.1 Å². The molecule has 42 heavy (non-hydrogen) atoms. The van der Waals surface area contributed by atoms with E-state index >= 15 is 0 Å². The van der Waals surface area contributed by atoms with E-state index in [0.717, 1.165) is 0 Å². The largest absolute Gasteiger partial charge is 0.508 e. The molecule has 0 aliphatic rings. The van der Waals surface area contributed by atoms with Crippen LogP contribution in [0, 0.1) is 11.8 Å². The van der Waals surface area contributed by atoms with Crippen LogP contribution in [0.4, 0.5) is 13.2 Å². The molecule has 0 heterocycles. The van der Waals surface area contributed by atoms with Crippen molar-refractivity contribution in [3.63, 3.8) is 0 Å². The van der Waals surface area contributed by atoms with Crippen molar-refractivity contribution in [3.05, 3.63) is 29.8 Å². The first-order chi connectivity index (χ1) is 19.5. The number of phenolic OH excluding ortho intramolecular Hbond substituents is 1. The fraction of sp³-hybridized carbons (Fsp3) is 0.593. The SMILES string of the molecule is CC[C@H](C)[C@H](NC(=O)[C@H](Cc1ccc(O)cc1)N(CC(C)C)C(=O)C(F)(F)F)C(=O)N[C@@H](CCCN=C(N)N)C(N)=O. The van der Waals surface area contributed by atoms with E-state index in [0.29, 0.717) is 23.3 Å². The Morgan fingerprint density at radius 2 is 1.60 bits per heavy atom. The van der Waals surface area contributed by atoms with Gasteiger partial charge in [-0.05, 0) is 42.4 Å². The van der Waals surface area contributed by atoms with E-state index in [1.807, 2.05) is 0 Å². The monoisotopic (exact) mass is 601 g/mol. The number of benzene rings is 1. The third-order valence-corrected chi connectivity index (χ3v) is 6.51. The first kappa shape index (κ1) is 36.0. The summed E-state index contributed by atoms with van der Waals surface area (Å²) in [5.41, 5.74) is 16.4. The van der Waals surface area contributed by atoms with Crippen LogP contribution in [0.3, 0.4) is 0 Å². The number of primary amides is 1. The molecule has 0 aliphatic heterocycles. The van der Waals surface area contributed by atoms with Crippen molar-refractivity contribution in [1.82, 2.24) is 15.5 Å². The van der Waals surface area contributed by atoms with Crippen molar-refractivity contribution in [1.29, 1.82) is 0 Å². The smallest absolute Gasteiger partial charge is 0.471 e. The number of alkyl halides is 3. The highest BCUT2D eigenvalue weighted by atomic mass is 19.4. The maximum atomic E-state index is 13.7. The molecular weight excluding hydrogens is 559 g/mol. The summed E-state index contributed by atoms with van der Waals surface area (Å²) in [7, 11) is 0. The molecule has 12 nitrogen and oxygen atoms in total. The number of aliphatic imine (C=N–C) groups is 1. The Kier molecular flexibility index (Phi) is 14.1. The number of carbonyl (C=O) groups is 4. The van der Waals surface area contributed by atoms with Gasteiger partial charge in [0.15, 0.2) is 5.96 Å². The average Bonchev–Trinajstić information content (AvgIpc) is 2.89. The molecule has 4 atom stereocenters. The fourth-order valence-electron chi connectivity index (χ4n) is 4.11. The van der Waals surface area contributed by atoms with Crippen molar-refractivity contribution in [3.8, 4) is 5.75 Å². The molecule has 0 fully saturated rings. The van der Waals surface area contributed by atoms with Gasteiger partial charge in [-0.25, -0.2) is 0 Å². The van der Waals surface area contributed by atoms with Crippen LogP contribution < -0.4 is 27.8 Å². The van der Waals surface area contributed by atoms with Crippen LogP contribution in [0.15, 0.2) is 29.3 Å². The van der Waals surface area contributed by atoms with E-state index in [9.17, 15) is 37.5 Å². The van der Waals surface area contributed by atoms with Gasteiger partial charge in [-0.2, -0.15) is 13.2 Å². The number of guanidine groups is 1. The molecule has 0 saturated carbocycles. The number of phenols is 1. The summed E-state index contributed by atoms with van der Waals surface area (Å²) in [6.07, 6.45) is -4.83. The molecule has 0 bridgehead atoms. The van der Waals surface area contributed by atoms with E-state index in [1.54, 1.807) is 27.7 Å². The molecule has 236 valence electrons. The van der Waals surface area contributed by atoms with Gasteiger partial charge in [-0.3, -0.25) is 24.2 Å². The molecular formula is C27H42F3N7O5. The second-order valence-electron chi connectivity index (χ2n) is 10.5. The number of nitrogens with two attached hydrogens (primary N) is 3. The third-order valence-electron chi connectivity index (χ3n) is 6.51. The summed E-state index contributed by atoms with van der Waals surface area (Å²) < 4.78 is 40.9. The highest BCUT2D eigenvalue weighted by Gasteiger charge is 2.46. The van der Waals surface area contributed by atoms with Crippen molar-refractivity contribution in [2.24, 2.45) is 34.0 Å². The Morgan fingerprint density at radius 3 is 2.07 bits per heavy atom. The number of aromatic hydroxyl groups is 1. The van der Waals surface area contributed by atoms with E-state index < -0.39 is 66.3 Å². The summed E-state index contributed by atoms with van der Waals surface area (Å²) in [4.78, 5) is 55.7. The highest BCUT2D eigenvalue weighted by molar-refractivity contribution is 5.95. The summed E-state index contributed by atoms with van der Waals surface area (Å²) in [6, 6.07) is 1.37. The zero-order chi connectivity index (χ0) is 32.2. The van der Waals surface area contributed by atoms with Crippen LogP contribution in [-0.2, 0) is 25.6 Å². The maximum absolute atomic E-state index is 13.7. The molecule has 0 radical (unpaired) electrons.